The molecule has 1 heterocycles. The summed E-state index contributed by atoms with van der Waals surface area (Å²) in [7, 11) is 3.72. The fourth-order valence-electron chi connectivity index (χ4n) is 1.74. The predicted molar refractivity (Wildman–Crippen MR) is 72.3 cm³/mol. The van der Waals surface area contributed by atoms with E-state index >= 15 is 0 Å². The van der Waals surface area contributed by atoms with Gasteiger partial charge in [-0.05, 0) is 18.2 Å². The first-order chi connectivity index (χ1) is 8.70. The van der Waals surface area contributed by atoms with E-state index in [1.165, 1.54) is 6.07 Å². The average Bonchev–Trinajstić information content (AvgIpc) is 2.41. The summed E-state index contributed by atoms with van der Waals surface area (Å²) in [6, 6.07) is 12.5. The van der Waals surface area contributed by atoms with E-state index in [9.17, 15) is 4.39 Å². The van der Waals surface area contributed by atoms with Crippen molar-refractivity contribution in [3.8, 4) is 0 Å². The molecular weight excluding hydrogens is 229 g/mol. The molecule has 1 N–H and O–H groups in total. The van der Waals surface area contributed by atoms with Crippen LogP contribution >= 0.6 is 0 Å². The molecule has 0 aliphatic carbocycles. The van der Waals surface area contributed by atoms with Crippen LogP contribution < -0.4 is 10.2 Å². The van der Waals surface area contributed by atoms with Gasteiger partial charge in [-0.15, -0.1) is 0 Å². The van der Waals surface area contributed by atoms with Gasteiger partial charge >= 0.3 is 0 Å². The van der Waals surface area contributed by atoms with Gasteiger partial charge in [-0.1, -0.05) is 24.3 Å². The lowest BCUT2D eigenvalue weighted by Crippen LogP contribution is -2.18. The zero-order chi connectivity index (χ0) is 13.0. The van der Waals surface area contributed by atoms with Crippen molar-refractivity contribution in [2.45, 2.75) is 6.54 Å². The molecule has 1 aromatic carbocycles. The molecular formula is C14H16FN3. The summed E-state index contributed by atoms with van der Waals surface area (Å²) >= 11 is 0. The van der Waals surface area contributed by atoms with Crippen LogP contribution in [-0.4, -0.2) is 19.1 Å². The SMILES string of the molecule is CNc1cccc(N(C)Cc2ccccc2F)n1. The Bertz CT molecular complexity index is 528. The third-order valence-electron chi connectivity index (χ3n) is 2.75. The van der Waals surface area contributed by atoms with Gasteiger partial charge in [0.15, 0.2) is 0 Å². The maximum absolute atomic E-state index is 13.6. The van der Waals surface area contributed by atoms with Gasteiger partial charge in [-0.2, -0.15) is 0 Å². The molecule has 94 valence electrons. The Morgan fingerprint density at radius 1 is 1.17 bits per heavy atom. The van der Waals surface area contributed by atoms with E-state index < -0.39 is 0 Å². The minimum atomic E-state index is -0.186. The molecule has 0 saturated heterocycles. The van der Waals surface area contributed by atoms with Crippen molar-refractivity contribution in [3.05, 3.63) is 53.8 Å². The van der Waals surface area contributed by atoms with Crippen molar-refractivity contribution in [1.29, 1.82) is 0 Å². The number of benzene rings is 1. The minimum Gasteiger partial charge on any atom is -0.373 e. The molecule has 2 rings (SSSR count). The van der Waals surface area contributed by atoms with Crippen LogP contribution in [0.5, 0.6) is 0 Å². The average molecular weight is 245 g/mol. The lowest BCUT2D eigenvalue weighted by Gasteiger charge is -2.19. The number of nitrogens with zero attached hydrogens (tertiary/aromatic N) is 2. The van der Waals surface area contributed by atoms with Gasteiger partial charge in [-0.25, -0.2) is 9.37 Å². The maximum Gasteiger partial charge on any atom is 0.130 e. The summed E-state index contributed by atoms with van der Waals surface area (Å²) in [5, 5.41) is 2.99. The molecule has 1 aromatic heterocycles. The Hall–Kier alpha value is -2.10. The number of aromatic nitrogens is 1. The van der Waals surface area contributed by atoms with Crippen LogP contribution in [0.3, 0.4) is 0 Å². The number of rotatable bonds is 4. The highest BCUT2D eigenvalue weighted by Crippen LogP contribution is 2.16. The van der Waals surface area contributed by atoms with Crippen LogP contribution in [0.15, 0.2) is 42.5 Å². The van der Waals surface area contributed by atoms with Crippen LogP contribution in [0.25, 0.3) is 0 Å². The molecule has 4 heteroatoms. The van der Waals surface area contributed by atoms with Crippen molar-refractivity contribution >= 4 is 11.6 Å². The van der Waals surface area contributed by atoms with Crippen molar-refractivity contribution in [2.24, 2.45) is 0 Å². The lowest BCUT2D eigenvalue weighted by atomic mass is 10.2. The van der Waals surface area contributed by atoms with Crippen molar-refractivity contribution < 1.29 is 4.39 Å². The van der Waals surface area contributed by atoms with Crippen LogP contribution in [0.2, 0.25) is 0 Å². The van der Waals surface area contributed by atoms with Gasteiger partial charge in [0, 0.05) is 26.2 Å². The molecule has 0 fully saturated rings. The molecule has 3 nitrogen and oxygen atoms in total. The topological polar surface area (TPSA) is 28.2 Å². The van der Waals surface area contributed by atoms with Gasteiger partial charge in [0.05, 0.1) is 0 Å². The van der Waals surface area contributed by atoms with E-state index in [-0.39, 0.29) is 5.82 Å². The Labute approximate surface area is 106 Å². The molecule has 0 aliphatic heterocycles. The Kier molecular flexibility index (Phi) is 3.77. The summed E-state index contributed by atoms with van der Waals surface area (Å²) in [6.45, 7) is 0.493. The number of pyridine rings is 1. The first-order valence-corrected chi connectivity index (χ1v) is 5.80. The third kappa shape index (κ3) is 2.77. The van der Waals surface area contributed by atoms with E-state index in [1.54, 1.807) is 12.1 Å². The fourth-order valence-corrected chi connectivity index (χ4v) is 1.74. The maximum atomic E-state index is 13.6. The van der Waals surface area contributed by atoms with Gasteiger partial charge in [-0.3, -0.25) is 0 Å². The number of nitrogens with one attached hydrogen (secondary N) is 1. The normalized spacial score (nSPS) is 10.2. The van der Waals surface area contributed by atoms with E-state index in [0.29, 0.717) is 12.1 Å². The Morgan fingerprint density at radius 3 is 2.67 bits per heavy atom. The lowest BCUT2D eigenvalue weighted by molar-refractivity contribution is 0.607. The quantitative estimate of drug-likeness (QED) is 0.897. The number of hydrogen-bond acceptors (Lipinski definition) is 3. The molecule has 0 bridgehead atoms. The van der Waals surface area contributed by atoms with E-state index in [0.717, 1.165) is 11.6 Å². The fraction of sp³-hybridized carbons (Fsp3) is 0.214. The van der Waals surface area contributed by atoms with Crippen molar-refractivity contribution in [2.75, 3.05) is 24.3 Å². The molecule has 0 amide bonds. The van der Waals surface area contributed by atoms with Crippen LogP contribution in [0.1, 0.15) is 5.56 Å². The largest absolute Gasteiger partial charge is 0.373 e. The summed E-state index contributed by atoms with van der Waals surface area (Å²) in [5.74, 6) is 1.42. The summed E-state index contributed by atoms with van der Waals surface area (Å²) in [6.07, 6.45) is 0. The van der Waals surface area contributed by atoms with Gasteiger partial charge < -0.3 is 10.2 Å². The van der Waals surface area contributed by atoms with Gasteiger partial charge in [0.25, 0.3) is 0 Å². The van der Waals surface area contributed by atoms with Crippen molar-refractivity contribution in [3.63, 3.8) is 0 Å². The van der Waals surface area contributed by atoms with Crippen LogP contribution in [0, 0.1) is 5.82 Å². The summed E-state index contributed by atoms with van der Waals surface area (Å²) in [5.41, 5.74) is 0.664. The second-order valence-corrected chi connectivity index (χ2v) is 4.08. The van der Waals surface area contributed by atoms with Crippen LogP contribution in [0.4, 0.5) is 16.0 Å². The number of anilines is 2. The molecule has 0 saturated carbocycles. The van der Waals surface area contributed by atoms with Crippen molar-refractivity contribution in [1.82, 2.24) is 4.98 Å². The first kappa shape index (κ1) is 12.4. The monoisotopic (exact) mass is 245 g/mol. The predicted octanol–water partition coefficient (Wildman–Crippen LogP) is 2.90. The Balaban J connectivity index is 2.16. The number of halogens is 1. The molecule has 0 atom stereocenters. The molecule has 2 aromatic rings. The molecule has 0 unspecified atom stereocenters. The van der Waals surface area contributed by atoms with Gasteiger partial charge in [0.2, 0.25) is 0 Å². The van der Waals surface area contributed by atoms with Crippen LogP contribution in [-0.2, 0) is 6.54 Å². The second kappa shape index (κ2) is 5.49. The smallest absolute Gasteiger partial charge is 0.130 e. The van der Waals surface area contributed by atoms with E-state index in [1.807, 2.05) is 43.3 Å². The van der Waals surface area contributed by atoms with E-state index in [4.69, 9.17) is 0 Å². The Morgan fingerprint density at radius 2 is 1.94 bits per heavy atom. The summed E-state index contributed by atoms with van der Waals surface area (Å²) in [4.78, 5) is 6.33. The highest BCUT2D eigenvalue weighted by molar-refractivity contribution is 5.46. The minimum absolute atomic E-state index is 0.186. The standard InChI is InChI=1S/C14H16FN3/c1-16-13-8-5-9-14(17-13)18(2)10-11-6-3-4-7-12(11)15/h3-9H,10H2,1-2H3,(H,16,17). The van der Waals surface area contributed by atoms with E-state index in [2.05, 4.69) is 10.3 Å². The molecule has 18 heavy (non-hydrogen) atoms. The molecule has 0 spiro atoms. The number of hydrogen-bond donors (Lipinski definition) is 1. The third-order valence-corrected chi connectivity index (χ3v) is 2.75. The molecule has 0 radical (unpaired) electrons. The second-order valence-electron chi connectivity index (χ2n) is 4.08. The highest BCUT2D eigenvalue weighted by Gasteiger charge is 2.07. The molecule has 0 aliphatic rings. The zero-order valence-corrected chi connectivity index (χ0v) is 10.5. The zero-order valence-electron chi connectivity index (χ0n) is 10.5. The van der Waals surface area contributed by atoms with Gasteiger partial charge in [0.1, 0.15) is 17.5 Å². The highest BCUT2D eigenvalue weighted by atomic mass is 19.1. The summed E-state index contributed by atoms with van der Waals surface area (Å²) < 4.78 is 13.6. The first-order valence-electron chi connectivity index (χ1n) is 5.80.